The lowest BCUT2D eigenvalue weighted by Crippen LogP contribution is -2.17. The van der Waals surface area contributed by atoms with Gasteiger partial charge in [-0.3, -0.25) is 9.59 Å². The van der Waals surface area contributed by atoms with Crippen LogP contribution in [0, 0.1) is 0 Å². The standard InChI is InChI=1S/C15H21NO2.2C2H6/c1-5-12-7-6-8-13(10(2)3)15(12)16-14(18)9-11(4)17;2*1-2/h6-8,10H,5,9H2,1-4H3,(H,16,18);2*1-2H3. The van der Waals surface area contributed by atoms with Gasteiger partial charge in [0.1, 0.15) is 5.78 Å². The summed E-state index contributed by atoms with van der Waals surface area (Å²) < 4.78 is 0. The van der Waals surface area contributed by atoms with Gasteiger partial charge in [-0.05, 0) is 30.4 Å². The number of hydrogen-bond donors (Lipinski definition) is 1. The number of benzene rings is 1. The van der Waals surface area contributed by atoms with Crippen molar-refractivity contribution in [1.82, 2.24) is 0 Å². The Kier molecular flexibility index (Phi) is 13.4. The van der Waals surface area contributed by atoms with E-state index in [1.807, 2.05) is 45.9 Å². The van der Waals surface area contributed by atoms with Crippen LogP contribution in [0.3, 0.4) is 0 Å². The summed E-state index contributed by atoms with van der Waals surface area (Å²) in [5, 5.41) is 2.88. The van der Waals surface area contributed by atoms with E-state index in [1.54, 1.807) is 0 Å². The fourth-order valence-electron chi connectivity index (χ4n) is 1.96. The van der Waals surface area contributed by atoms with Crippen molar-refractivity contribution in [2.45, 2.75) is 74.1 Å². The highest BCUT2D eigenvalue weighted by Crippen LogP contribution is 2.28. The average molecular weight is 307 g/mol. The highest BCUT2D eigenvalue weighted by atomic mass is 16.2. The van der Waals surface area contributed by atoms with Crippen molar-refractivity contribution < 1.29 is 9.59 Å². The summed E-state index contributed by atoms with van der Waals surface area (Å²) in [5.41, 5.74) is 3.10. The second-order valence-corrected chi connectivity index (χ2v) is 4.82. The van der Waals surface area contributed by atoms with Crippen molar-refractivity contribution in [2.24, 2.45) is 0 Å². The Morgan fingerprint density at radius 1 is 1.09 bits per heavy atom. The first-order valence-electron chi connectivity index (χ1n) is 8.36. The molecule has 0 saturated heterocycles. The molecule has 0 atom stereocenters. The molecule has 0 bridgehead atoms. The van der Waals surface area contributed by atoms with Gasteiger partial charge in [-0.1, -0.05) is 66.7 Å². The fraction of sp³-hybridized carbons (Fsp3) is 0.579. The van der Waals surface area contributed by atoms with Gasteiger partial charge >= 0.3 is 0 Å². The molecule has 22 heavy (non-hydrogen) atoms. The topological polar surface area (TPSA) is 46.2 Å². The summed E-state index contributed by atoms with van der Waals surface area (Å²) in [6, 6.07) is 6.04. The minimum atomic E-state index is -0.231. The number of hydrogen-bond acceptors (Lipinski definition) is 2. The van der Waals surface area contributed by atoms with Gasteiger partial charge < -0.3 is 5.32 Å². The molecule has 1 rings (SSSR count). The van der Waals surface area contributed by atoms with Gasteiger partial charge in [0, 0.05) is 5.69 Å². The molecule has 3 heteroatoms. The van der Waals surface area contributed by atoms with Crippen LogP contribution in [-0.2, 0) is 16.0 Å². The molecular weight excluding hydrogens is 274 g/mol. The first kappa shape index (κ1) is 22.6. The van der Waals surface area contributed by atoms with Crippen molar-refractivity contribution >= 4 is 17.4 Å². The second kappa shape index (κ2) is 13.1. The van der Waals surface area contributed by atoms with E-state index >= 15 is 0 Å². The molecule has 0 spiro atoms. The van der Waals surface area contributed by atoms with Gasteiger partial charge in [-0.15, -0.1) is 0 Å². The lowest BCUT2D eigenvalue weighted by molar-refractivity contribution is -0.124. The van der Waals surface area contributed by atoms with E-state index in [2.05, 4.69) is 26.1 Å². The molecule has 0 saturated carbocycles. The Labute approximate surface area is 136 Å². The van der Waals surface area contributed by atoms with Gasteiger partial charge in [0.2, 0.25) is 5.91 Å². The van der Waals surface area contributed by atoms with Gasteiger partial charge in [-0.2, -0.15) is 0 Å². The highest BCUT2D eigenvalue weighted by molar-refractivity contribution is 6.04. The van der Waals surface area contributed by atoms with Crippen LogP contribution < -0.4 is 5.32 Å². The van der Waals surface area contributed by atoms with Crippen molar-refractivity contribution in [3.05, 3.63) is 29.3 Å². The maximum Gasteiger partial charge on any atom is 0.231 e. The first-order chi connectivity index (χ1) is 10.5. The molecule has 3 nitrogen and oxygen atoms in total. The lowest BCUT2D eigenvalue weighted by Gasteiger charge is -2.17. The van der Waals surface area contributed by atoms with E-state index in [-0.39, 0.29) is 18.1 Å². The van der Waals surface area contributed by atoms with E-state index in [0.29, 0.717) is 5.92 Å². The summed E-state index contributed by atoms with van der Waals surface area (Å²) >= 11 is 0. The van der Waals surface area contributed by atoms with Crippen LogP contribution >= 0.6 is 0 Å². The maximum atomic E-state index is 11.7. The Hall–Kier alpha value is -1.64. The third-order valence-corrected chi connectivity index (χ3v) is 2.86. The number of carbonyl (C=O) groups excluding carboxylic acids is 2. The first-order valence-corrected chi connectivity index (χ1v) is 8.36. The third-order valence-electron chi connectivity index (χ3n) is 2.86. The number of nitrogens with one attached hydrogen (secondary N) is 1. The molecule has 126 valence electrons. The summed E-state index contributed by atoms with van der Waals surface area (Å²) in [6.45, 7) is 15.7. The number of ketones is 1. The molecule has 0 aliphatic rings. The third kappa shape index (κ3) is 7.96. The van der Waals surface area contributed by atoms with Crippen molar-refractivity contribution in [3.63, 3.8) is 0 Å². The summed E-state index contributed by atoms with van der Waals surface area (Å²) in [5.74, 6) is -0.0120. The van der Waals surface area contributed by atoms with Crippen LogP contribution in [-0.4, -0.2) is 11.7 Å². The van der Waals surface area contributed by atoms with Crippen LogP contribution in [0.1, 0.15) is 78.9 Å². The van der Waals surface area contributed by atoms with Crippen LogP contribution in [0.4, 0.5) is 5.69 Å². The fourth-order valence-corrected chi connectivity index (χ4v) is 1.96. The molecule has 1 amide bonds. The van der Waals surface area contributed by atoms with E-state index in [4.69, 9.17) is 0 Å². The number of Topliss-reactive ketones (excluding diaryl/α,β-unsaturated/α-hetero) is 1. The van der Waals surface area contributed by atoms with Crippen molar-refractivity contribution in [1.29, 1.82) is 0 Å². The Morgan fingerprint density at radius 2 is 1.64 bits per heavy atom. The zero-order chi connectivity index (χ0) is 17.7. The SMILES string of the molecule is CC.CC.CCc1cccc(C(C)C)c1NC(=O)CC(C)=O. The summed E-state index contributed by atoms with van der Waals surface area (Å²) in [4.78, 5) is 22.7. The molecule has 0 aliphatic carbocycles. The van der Waals surface area contributed by atoms with E-state index < -0.39 is 0 Å². The molecule has 1 aromatic rings. The molecule has 0 heterocycles. The maximum absolute atomic E-state index is 11.7. The van der Waals surface area contributed by atoms with Crippen LogP contribution in [0.5, 0.6) is 0 Å². The summed E-state index contributed by atoms with van der Waals surface area (Å²) in [6.07, 6.45) is 0.797. The largest absolute Gasteiger partial charge is 0.325 e. The Balaban J connectivity index is 0. The van der Waals surface area contributed by atoms with Gasteiger partial charge in [-0.25, -0.2) is 0 Å². The van der Waals surface area contributed by atoms with Crippen LogP contribution in [0.2, 0.25) is 0 Å². The molecule has 1 N–H and O–H groups in total. The molecular formula is C19H33NO2. The minimum Gasteiger partial charge on any atom is -0.325 e. The average Bonchev–Trinajstić information content (AvgIpc) is 2.50. The van der Waals surface area contributed by atoms with E-state index in [9.17, 15) is 9.59 Å². The molecule has 0 aromatic heterocycles. The highest BCUT2D eigenvalue weighted by Gasteiger charge is 2.13. The molecule has 0 fully saturated rings. The van der Waals surface area contributed by atoms with Gasteiger partial charge in [0.05, 0.1) is 6.42 Å². The monoisotopic (exact) mass is 307 g/mol. The zero-order valence-electron chi connectivity index (χ0n) is 15.5. The zero-order valence-corrected chi connectivity index (χ0v) is 15.5. The lowest BCUT2D eigenvalue weighted by atomic mass is 9.96. The predicted octanol–water partition coefficient (Wildman–Crippen LogP) is 5.34. The van der Waals surface area contributed by atoms with Crippen LogP contribution in [0.25, 0.3) is 0 Å². The quantitative estimate of drug-likeness (QED) is 0.746. The number of amides is 1. The van der Waals surface area contributed by atoms with Crippen LogP contribution in [0.15, 0.2) is 18.2 Å². The van der Waals surface area contributed by atoms with E-state index in [1.165, 1.54) is 6.92 Å². The molecule has 1 aromatic carbocycles. The number of para-hydroxylation sites is 1. The Bertz CT molecular complexity index is 451. The van der Waals surface area contributed by atoms with Crippen molar-refractivity contribution in [3.8, 4) is 0 Å². The minimum absolute atomic E-state index is 0.0599. The molecule has 0 aliphatic heterocycles. The number of rotatable bonds is 5. The number of anilines is 1. The smallest absolute Gasteiger partial charge is 0.231 e. The summed E-state index contributed by atoms with van der Waals surface area (Å²) in [7, 11) is 0. The number of aryl methyl sites for hydroxylation is 1. The van der Waals surface area contributed by atoms with Gasteiger partial charge in [0.15, 0.2) is 0 Å². The predicted molar refractivity (Wildman–Crippen MR) is 96.5 cm³/mol. The van der Waals surface area contributed by atoms with E-state index in [0.717, 1.165) is 23.2 Å². The normalized spacial score (nSPS) is 9.14. The molecule has 0 radical (unpaired) electrons. The van der Waals surface area contributed by atoms with Gasteiger partial charge in [0.25, 0.3) is 0 Å². The molecule has 0 unspecified atom stereocenters. The number of carbonyl (C=O) groups is 2. The second-order valence-electron chi connectivity index (χ2n) is 4.82. The Morgan fingerprint density at radius 3 is 2.05 bits per heavy atom. The van der Waals surface area contributed by atoms with Crippen molar-refractivity contribution in [2.75, 3.05) is 5.32 Å².